The first kappa shape index (κ1) is 15.9. The van der Waals surface area contributed by atoms with E-state index < -0.39 is 5.91 Å². The fourth-order valence-corrected chi connectivity index (χ4v) is 4.65. The van der Waals surface area contributed by atoms with Gasteiger partial charge in [-0.1, -0.05) is 0 Å². The topological polar surface area (TPSA) is 101 Å². The van der Waals surface area contributed by atoms with Crippen LogP contribution >= 0.6 is 11.3 Å². The summed E-state index contributed by atoms with van der Waals surface area (Å²) in [6.45, 7) is 0. The van der Waals surface area contributed by atoms with E-state index in [0.29, 0.717) is 16.1 Å². The lowest BCUT2D eigenvalue weighted by atomic mass is 9.95. The van der Waals surface area contributed by atoms with Crippen molar-refractivity contribution in [2.75, 3.05) is 5.32 Å². The Morgan fingerprint density at radius 3 is 2.88 bits per heavy atom. The number of amides is 2. The molecule has 0 saturated heterocycles. The quantitative estimate of drug-likeness (QED) is 0.616. The lowest BCUT2D eigenvalue weighted by molar-refractivity contribution is 0.100. The van der Waals surface area contributed by atoms with Crippen LogP contribution in [0.4, 0.5) is 5.00 Å². The van der Waals surface area contributed by atoms with Gasteiger partial charge in [-0.2, -0.15) is 0 Å². The number of primary amides is 1. The molecule has 0 bridgehead atoms. The number of carbonyl (C=O) groups excluding carboxylic acids is 2. The van der Waals surface area contributed by atoms with Gasteiger partial charge in [0.2, 0.25) is 0 Å². The molecule has 3 aromatic rings. The number of imidazole rings is 1. The summed E-state index contributed by atoms with van der Waals surface area (Å²) in [5.74, 6) is -0.739. The zero-order valence-corrected chi connectivity index (χ0v) is 14.6. The molecule has 2 amide bonds. The summed E-state index contributed by atoms with van der Waals surface area (Å²) in [6.07, 6.45) is 3.94. The maximum atomic E-state index is 12.7. The Morgan fingerprint density at radius 2 is 2.08 bits per heavy atom. The minimum absolute atomic E-state index is 0.261. The fraction of sp³-hybridized carbons (Fsp3) is 0.235. The van der Waals surface area contributed by atoms with E-state index in [4.69, 9.17) is 5.73 Å². The van der Waals surface area contributed by atoms with E-state index in [1.54, 1.807) is 12.1 Å². The molecule has 6 nitrogen and oxygen atoms in total. The molecule has 0 aliphatic heterocycles. The van der Waals surface area contributed by atoms with E-state index in [1.807, 2.05) is 13.9 Å². The van der Waals surface area contributed by atoms with Crippen molar-refractivity contribution in [3.05, 3.63) is 39.8 Å². The van der Waals surface area contributed by atoms with Crippen LogP contribution in [0.5, 0.6) is 0 Å². The van der Waals surface area contributed by atoms with Gasteiger partial charge in [-0.25, -0.2) is 4.98 Å². The molecule has 4 N–H and O–H groups in total. The number of hydrogen-bond acceptors (Lipinski definition) is 4. The number of aryl methyl sites for hydroxylation is 1. The Kier molecular flexibility index (Phi) is 3.84. The number of H-pyrrole nitrogens is 1. The summed E-state index contributed by atoms with van der Waals surface area (Å²) in [5, 5.41) is 3.44. The van der Waals surface area contributed by atoms with Crippen molar-refractivity contribution in [3.63, 3.8) is 0 Å². The van der Waals surface area contributed by atoms with Crippen molar-refractivity contribution >= 4 is 52.8 Å². The van der Waals surface area contributed by atoms with Gasteiger partial charge in [0.15, 0.2) is 7.85 Å². The fourth-order valence-electron chi connectivity index (χ4n) is 3.36. The van der Waals surface area contributed by atoms with Crippen LogP contribution < -0.4 is 16.8 Å². The Hall–Kier alpha value is -2.61. The number of anilines is 1. The molecule has 0 atom stereocenters. The second-order valence-corrected chi connectivity index (χ2v) is 7.39. The molecule has 1 aliphatic carbocycles. The Bertz CT molecular complexity index is 1010. The number of nitrogens with zero attached hydrogens (tertiary/aromatic N) is 1. The predicted octanol–water partition coefficient (Wildman–Crippen LogP) is 1.11. The lowest BCUT2D eigenvalue weighted by Gasteiger charge is -2.11. The number of nitrogens with one attached hydrogen (secondary N) is 2. The van der Waals surface area contributed by atoms with Gasteiger partial charge in [-0.15, -0.1) is 11.3 Å². The number of benzene rings is 1. The standard InChI is InChI=1S/C17H17BN4O2S/c18-17-20-10-6-5-8(7-11(10)21-17)15(24)22-16-13(14(19)23)9-3-1-2-4-12(9)25-16/h5-7H,1-4,18H2,(H2,19,23)(H,20,21)(H,22,24). The van der Waals surface area contributed by atoms with E-state index >= 15 is 0 Å². The predicted molar refractivity (Wildman–Crippen MR) is 102 cm³/mol. The van der Waals surface area contributed by atoms with Gasteiger partial charge in [0.1, 0.15) is 5.00 Å². The average Bonchev–Trinajstić information content (AvgIpc) is 3.12. The SMILES string of the molecule is Bc1nc2cc(C(=O)Nc3sc4c(c3C(N)=O)CCCC4)ccc2[nH]1. The number of aromatic nitrogens is 2. The number of nitrogens with two attached hydrogens (primary N) is 1. The Labute approximate surface area is 149 Å². The van der Waals surface area contributed by atoms with E-state index in [9.17, 15) is 9.59 Å². The van der Waals surface area contributed by atoms with Crippen LogP contribution in [-0.4, -0.2) is 29.6 Å². The molecule has 2 heterocycles. The molecule has 0 unspecified atom stereocenters. The highest BCUT2D eigenvalue weighted by atomic mass is 32.1. The van der Waals surface area contributed by atoms with Crippen LogP contribution in [-0.2, 0) is 12.8 Å². The van der Waals surface area contributed by atoms with Crippen LogP contribution in [0.25, 0.3) is 11.0 Å². The summed E-state index contributed by atoms with van der Waals surface area (Å²) in [6, 6.07) is 5.32. The Morgan fingerprint density at radius 1 is 1.28 bits per heavy atom. The van der Waals surface area contributed by atoms with Crippen molar-refractivity contribution < 1.29 is 9.59 Å². The van der Waals surface area contributed by atoms with Crippen LogP contribution in [0.2, 0.25) is 0 Å². The number of carbonyl (C=O) groups is 2. The third-order valence-corrected chi connectivity index (χ3v) is 5.72. The van der Waals surface area contributed by atoms with E-state index in [2.05, 4.69) is 15.3 Å². The number of hydrogen-bond donors (Lipinski definition) is 3. The van der Waals surface area contributed by atoms with Gasteiger partial charge in [-0.05, 0) is 49.4 Å². The van der Waals surface area contributed by atoms with Crippen molar-refractivity contribution in [2.24, 2.45) is 5.73 Å². The highest BCUT2D eigenvalue weighted by Crippen LogP contribution is 2.38. The maximum Gasteiger partial charge on any atom is 0.256 e. The summed E-state index contributed by atoms with van der Waals surface area (Å²) < 4.78 is 0. The largest absolute Gasteiger partial charge is 0.365 e. The second-order valence-electron chi connectivity index (χ2n) is 6.29. The maximum absolute atomic E-state index is 12.7. The monoisotopic (exact) mass is 352 g/mol. The first-order valence-corrected chi connectivity index (χ1v) is 9.06. The zero-order chi connectivity index (χ0) is 17.6. The molecular formula is C17H17BN4O2S. The van der Waals surface area contributed by atoms with Gasteiger partial charge in [0, 0.05) is 10.4 Å². The van der Waals surface area contributed by atoms with Crippen molar-refractivity contribution in [2.45, 2.75) is 25.7 Å². The van der Waals surface area contributed by atoms with Gasteiger partial charge >= 0.3 is 0 Å². The van der Waals surface area contributed by atoms with Crippen molar-refractivity contribution in [1.29, 1.82) is 0 Å². The van der Waals surface area contributed by atoms with E-state index in [0.717, 1.165) is 52.9 Å². The highest BCUT2D eigenvalue weighted by Gasteiger charge is 2.25. The summed E-state index contributed by atoms with van der Waals surface area (Å²) in [7, 11) is 1.87. The van der Waals surface area contributed by atoms with Crippen LogP contribution in [0.15, 0.2) is 18.2 Å². The van der Waals surface area contributed by atoms with Gasteiger partial charge in [-0.3, -0.25) is 9.59 Å². The van der Waals surface area contributed by atoms with E-state index in [-0.39, 0.29) is 5.91 Å². The second kappa shape index (κ2) is 6.04. The number of aromatic amines is 1. The lowest BCUT2D eigenvalue weighted by Crippen LogP contribution is -2.18. The molecule has 0 spiro atoms. The number of rotatable bonds is 3. The van der Waals surface area contributed by atoms with Gasteiger partial charge < -0.3 is 16.0 Å². The molecule has 1 aromatic carbocycles. The minimum Gasteiger partial charge on any atom is -0.365 e. The molecule has 0 fully saturated rings. The van der Waals surface area contributed by atoms with Gasteiger partial charge in [0.25, 0.3) is 11.8 Å². The highest BCUT2D eigenvalue weighted by molar-refractivity contribution is 7.17. The number of fused-ring (bicyclic) bond motifs is 2. The smallest absolute Gasteiger partial charge is 0.256 e. The third kappa shape index (κ3) is 2.82. The molecule has 126 valence electrons. The van der Waals surface area contributed by atoms with Crippen LogP contribution in [0.3, 0.4) is 0 Å². The molecule has 0 radical (unpaired) electrons. The first-order valence-electron chi connectivity index (χ1n) is 8.25. The molecular weight excluding hydrogens is 335 g/mol. The minimum atomic E-state index is -0.479. The molecule has 25 heavy (non-hydrogen) atoms. The first-order chi connectivity index (χ1) is 12.0. The Balaban J connectivity index is 1.67. The summed E-state index contributed by atoms with van der Waals surface area (Å²) >= 11 is 1.47. The van der Waals surface area contributed by atoms with Crippen LogP contribution in [0, 0.1) is 0 Å². The van der Waals surface area contributed by atoms with Gasteiger partial charge in [0.05, 0.1) is 22.3 Å². The average molecular weight is 352 g/mol. The summed E-state index contributed by atoms with van der Waals surface area (Å²) in [4.78, 5) is 33.2. The van der Waals surface area contributed by atoms with E-state index in [1.165, 1.54) is 11.3 Å². The molecule has 0 saturated carbocycles. The van der Waals surface area contributed by atoms with Crippen molar-refractivity contribution in [1.82, 2.24) is 9.97 Å². The third-order valence-electron chi connectivity index (χ3n) is 4.51. The zero-order valence-electron chi connectivity index (χ0n) is 13.8. The number of thiophene rings is 1. The normalized spacial score (nSPS) is 13.6. The molecule has 1 aliphatic rings. The molecule has 8 heteroatoms. The van der Waals surface area contributed by atoms with Crippen molar-refractivity contribution in [3.8, 4) is 0 Å². The van der Waals surface area contributed by atoms with Crippen LogP contribution in [0.1, 0.15) is 44.0 Å². The summed E-state index contributed by atoms with van der Waals surface area (Å²) in [5.41, 5.74) is 10.00. The molecule has 4 rings (SSSR count). The molecule has 2 aromatic heterocycles.